The smallest absolute Gasteiger partial charge is 0.307 e. The standard InChI is InChI=1S/C7H10N2O2S/c1-11-7(10)4-5(8)6-2-3-9-12-6/h2-3,5H,4,8H2,1H3/t5-/m0/s1. The van der Waals surface area contributed by atoms with E-state index < -0.39 is 0 Å². The molecule has 0 aliphatic carbocycles. The van der Waals surface area contributed by atoms with Crippen LogP contribution in [0, 0.1) is 0 Å². The number of nitrogens with zero attached hydrogens (tertiary/aromatic N) is 1. The first-order chi connectivity index (χ1) is 5.74. The van der Waals surface area contributed by atoms with Gasteiger partial charge in [-0.1, -0.05) is 0 Å². The van der Waals surface area contributed by atoms with Crippen molar-refractivity contribution >= 4 is 17.5 Å². The summed E-state index contributed by atoms with van der Waals surface area (Å²) in [5, 5.41) is 0. The number of hydrogen-bond donors (Lipinski definition) is 1. The Hall–Kier alpha value is -0.940. The van der Waals surface area contributed by atoms with Gasteiger partial charge in [0, 0.05) is 11.1 Å². The van der Waals surface area contributed by atoms with Crippen molar-refractivity contribution in [1.29, 1.82) is 0 Å². The molecule has 2 N–H and O–H groups in total. The van der Waals surface area contributed by atoms with Crippen LogP contribution in [0.25, 0.3) is 0 Å². The Labute approximate surface area is 74.5 Å². The molecule has 0 saturated carbocycles. The van der Waals surface area contributed by atoms with Crippen molar-refractivity contribution in [2.75, 3.05) is 7.11 Å². The van der Waals surface area contributed by atoms with Crippen molar-refractivity contribution in [2.24, 2.45) is 5.73 Å². The van der Waals surface area contributed by atoms with Gasteiger partial charge >= 0.3 is 5.97 Å². The van der Waals surface area contributed by atoms with Gasteiger partial charge in [0.2, 0.25) is 0 Å². The lowest BCUT2D eigenvalue weighted by Crippen LogP contribution is -2.14. The Morgan fingerprint density at radius 3 is 3.17 bits per heavy atom. The van der Waals surface area contributed by atoms with Crippen LogP contribution in [0.15, 0.2) is 12.3 Å². The molecule has 5 heteroatoms. The molecule has 0 saturated heterocycles. The highest BCUT2D eigenvalue weighted by Gasteiger charge is 2.12. The normalized spacial score (nSPS) is 12.5. The molecular formula is C7H10N2O2S. The minimum absolute atomic E-state index is 0.207. The van der Waals surface area contributed by atoms with E-state index >= 15 is 0 Å². The van der Waals surface area contributed by atoms with E-state index in [4.69, 9.17) is 5.73 Å². The fraction of sp³-hybridized carbons (Fsp3) is 0.429. The highest BCUT2D eigenvalue weighted by Crippen LogP contribution is 2.17. The Morgan fingerprint density at radius 2 is 2.67 bits per heavy atom. The average Bonchev–Trinajstić information content (AvgIpc) is 2.56. The second kappa shape index (κ2) is 4.18. The van der Waals surface area contributed by atoms with Gasteiger partial charge in [-0.3, -0.25) is 4.79 Å². The van der Waals surface area contributed by atoms with Crippen LogP contribution in [0.4, 0.5) is 0 Å². The summed E-state index contributed by atoms with van der Waals surface area (Å²) in [4.78, 5) is 11.7. The zero-order chi connectivity index (χ0) is 8.97. The van der Waals surface area contributed by atoms with Gasteiger partial charge in [0.1, 0.15) is 0 Å². The van der Waals surface area contributed by atoms with Gasteiger partial charge in [0.05, 0.1) is 19.6 Å². The molecular weight excluding hydrogens is 176 g/mol. The van der Waals surface area contributed by atoms with E-state index in [0.29, 0.717) is 0 Å². The Morgan fingerprint density at radius 1 is 1.92 bits per heavy atom. The van der Waals surface area contributed by atoms with Crippen LogP contribution in [-0.4, -0.2) is 17.5 Å². The number of carbonyl (C=O) groups excluding carboxylic acids is 1. The Kier molecular flexibility index (Phi) is 3.19. The fourth-order valence-corrected chi connectivity index (χ4v) is 1.36. The number of carbonyl (C=O) groups is 1. The molecule has 12 heavy (non-hydrogen) atoms. The summed E-state index contributed by atoms with van der Waals surface area (Å²) >= 11 is 1.30. The van der Waals surface area contributed by atoms with Crippen molar-refractivity contribution < 1.29 is 9.53 Å². The molecule has 0 amide bonds. The molecule has 1 heterocycles. The summed E-state index contributed by atoms with van der Waals surface area (Å²) in [6.45, 7) is 0. The molecule has 1 rings (SSSR count). The van der Waals surface area contributed by atoms with Crippen molar-refractivity contribution in [3.8, 4) is 0 Å². The van der Waals surface area contributed by atoms with Crippen LogP contribution in [0.2, 0.25) is 0 Å². The predicted molar refractivity (Wildman–Crippen MR) is 45.7 cm³/mol. The fourth-order valence-electron chi connectivity index (χ4n) is 0.780. The summed E-state index contributed by atoms with van der Waals surface area (Å²) < 4.78 is 8.37. The van der Waals surface area contributed by atoms with Crippen LogP contribution in [-0.2, 0) is 9.53 Å². The molecule has 0 aliphatic rings. The molecule has 0 aliphatic heterocycles. The van der Waals surface area contributed by atoms with Crippen molar-refractivity contribution in [3.63, 3.8) is 0 Å². The van der Waals surface area contributed by atoms with Crippen LogP contribution >= 0.6 is 11.5 Å². The van der Waals surface area contributed by atoms with E-state index in [9.17, 15) is 4.79 Å². The van der Waals surface area contributed by atoms with E-state index in [1.165, 1.54) is 18.6 Å². The maximum atomic E-state index is 10.8. The second-order valence-corrected chi connectivity index (χ2v) is 3.17. The quantitative estimate of drug-likeness (QED) is 0.706. The van der Waals surface area contributed by atoms with Gasteiger partial charge in [-0.25, -0.2) is 4.37 Å². The van der Waals surface area contributed by atoms with E-state index in [1.54, 1.807) is 12.3 Å². The molecule has 1 atom stereocenters. The molecule has 4 nitrogen and oxygen atoms in total. The van der Waals surface area contributed by atoms with Crippen LogP contribution < -0.4 is 5.73 Å². The Balaban J connectivity index is 2.49. The van der Waals surface area contributed by atoms with Crippen molar-refractivity contribution in [1.82, 2.24) is 4.37 Å². The van der Waals surface area contributed by atoms with Crippen molar-refractivity contribution in [3.05, 3.63) is 17.1 Å². The predicted octanol–water partition coefficient (Wildman–Crippen LogP) is 0.706. The topological polar surface area (TPSA) is 65.2 Å². The highest BCUT2D eigenvalue weighted by molar-refractivity contribution is 7.05. The number of methoxy groups -OCH3 is 1. The average molecular weight is 186 g/mol. The van der Waals surface area contributed by atoms with Gasteiger partial charge in [-0.2, -0.15) is 0 Å². The van der Waals surface area contributed by atoms with E-state index in [2.05, 4.69) is 9.11 Å². The zero-order valence-electron chi connectivity index (χ0n) is 6.69. The van der Waals surface area contributed by atoms with Crippen molar-refractivity contribution in [2.45, 2.75) is 12.5 Å². The molecule has 0 spiro atoms. The number of nitrogens with two attached hydrogens (primary N) is 1. The summed E-state index contributed by atoms with van der Waals surface area (Å²) in [5.41, 5.74) is 5.69. The lowest BCUT2D eigenvalue weighted by atomic mass is 10.2. The van der Waals surface area contributed by atoms with Crippen LogP contribution in [0.3, 0.4) is 0 Å². The minimum Gasteiger partial charge on any atom is -0.469 e. The summed E-state index contributed by atoms with van der Waals surface area (Å²) in [5.74, 6) is -0.295. The molecule has 0 unspecified atom stereocenters. The van der Waals surface area contributed by atoms with E-state index in [1.807, 2.05) is 0 Å². The first-order valence-electron chi connectivity index (χ1n) is 3.47. The molecule has 0 radical (unpaired) electrons. The number of hydrogen-bond acceptors (Lipinski definition) is 5. The first kappa shape index (κ1) is 9.15. The van der Waals surface area contributed by atoms with Gasteiger partial charge < -0.3 is 10.5 Å². The van der Waals surface area contributed by atoms with Crippen LogP contribution in [0.1, 0.15) is 17.3 Å². The lowest BCUT2D eigenvalue weighted by molar-refractivity contribution is -0.141. The minimum atomic E-state index is -0.295. The molecule has 0 fully saturated rings. The number of rotatable bonds is 3. The van der Waals surface area contributed by atoms with Gasteiger partial charge in [-0.15, -0.1) is 0 Å². The highest BCUT2D eigenvalue weighted by atomic mass is 32.1. The summed E-state index contributed by atoms with van der Waals surface area (Å²) in [6.07, 6.45) is 1.87. The molecule has 1 aromatic heterocycles. The second-order valence-electron chi connectivity index (χ2n) is 2.30. The summed E-state index contributed by atoms with van der Waals surface area (Å²) in [7, 11) is 1.35. The van der Waals surface area contributed by atoms with Gasteiger partial charge in [0.25, 0.3) is 0 Å². The third-order valence-electron chi connectivity index (χ3n) is 1.44. The molecule has 0 aromatic carbocycles. The first-order valence-corrected chi connectivity index (χ1v) is 4.24. The number of esters is 1. The Bertz CT molecular complexity index is 248. The van der Waals surface area contributed by atoms with E-state index in [-0.39, 0.29) is 18.4 Å². The largest absolute Gasteiger partial charge is 0.469 e. The monoisotopic (exact) mass is 186 g/mol. The maximum Gasteiger partial charge on any atom is 0.307 e. The molecule has 0 bridgehead atoms. The van der Waals surface area contributed by atoms with Gasteiger partial charge in [0.15, 0.2) is 0 Å². The van der Waals surface area contributed by atoms with Gasteiger partial charge in [-0.05, 0) is 17.6 Å². The SMILES string of the molecule is COC(=O)C[C@H](N)c1ccns1. The number of aromatic nitrogens is 1. The zero-order valence-corrected chi connectivity index (χ0v) is 7.50. The molecule has 1 aromatic rings. The third kappa shape index (κ3) is 2.28. The molecule has 66 valence electrons. The summed E-state index contributed by atoms with van der Waals surface area (Å²) in [6, 6.07) is 1.52. The van der Waals surface area contributed by atoms with Crippen LogP contribution in [0.5, 0.6) is 0 Å². The maximum absolute atomic E-state index is 10.8. The lowest BCUT2D eigenvalue weighted by Gasteiger charge is -2.05. The third-order valence-corrected chi connectivity index (χ3v) is 2.31. The number of ether oxygens (including phenoxy) is 1. The van der Waals surface area contributed by atoms with E-state index in [0.717, 1.165) is 4.88 Å².